The van der Waals surface area contributed by atoms with Crippen molar-refractivity contribution in [1.82, 2.24) is 9.88 Å². The molecular formula is C18H25N3. The molecule has 2 aromatic rings. The third kappa shape index (κ3) is 3.73. The van der Waals surface area contributed by atoms with Crippen LogP contribution < -0.4 is 5.32 Å². The van der Waals surface area contributed by atoms with Gasteiger partial charge in [-0.2, -0.15) is 0 Å². The van der Waals surface area contributed by atoms with E-state index in [9.17, 15) is 0 Å². The Morgan fingerprint density at radius 2 is 2.24 bits per heavy atom. The van der Waals surface area contributed by atoms with Crippen LogP contribution in [0.3, 0.4) is 0 Å². The highest BCUT2D eigenvalue weighted by Gasteiger charge is 2.19. The fraction of sp³-hybridized carbons (Fsp3) is 0.500. The number of hydrogen-bond donors (Lipinski definition) is 1. The second-order valence-corrected chi connectivity index (χ2v) is 6.08. The molecule has 0 saturated carbocycles. The van der Waals surface area contributed by atoms with Gasteiger partial charge in [0.25, 0.3) is 0 Å². The first-order valence-electron chi connectivity index (χ1n) is 8.18. The third-order valence-electron chi connectivity index (χ3n) is 4.34. The van der Waals surface area contributed by atoms with Crippen molar-refractivity contribution in [2.75, 3.05) is 25.0 Å². The van der Waals surface area contributed by atoms with Crippen LogP contribution in [0.25, 0.3) is 10.8 Å². The lowest BCUT2D eigenvalue weighted by molar-refractivity contribution is 0.213. The first-order chi connectivity index (χ1) is 10.3. The van der Waals surface area contributed by atoms with Gasteiger partial charge in [-0.25, -0.2) is 0 Å². The highest BCUT2D eigenvalue weighted by molar-refractivity contribution is 5.84. The summed E-state index contributed by atoms with van der Waals surface area (Å²) in [6.07, 6.45) is 8.96. The smallest absolute Gasteiger partial charge is 0.0388 e. The van der Waals surface area contributed by atoms with Crippen LogP contribution in [-0.2, 0) is 0 Å². The lowest BCUT2D eigenvalue weighted by atomic mass is 10.0. The number of benzene rings is 1. The van der Waals surface area contributed by atoms with Crippen LogP contribution in [0.5, 0.6) is 0 Å². The minimum atomic E-state index is 0.579. The van der Waals surface area contributed by atoms with Gasteiger partial charge in [0.2, 0.25) is 0 Å². The van der Waals surface area contributed by atoms with Crippen LogP contribution in [0.1, 0.15) is 32.6 Å². The van der Waals surface area contributed by atoms with E-state index >= 15 is 0 Å². The van der Waals surface area contributed by atoms with E-state index in [4.69, 9.17) is 0 Å². The second-order valence-electron chi connectivity index (χ2n) is 6.08. The van der Waals surface area contributed by atoms with Crippen molar-refractivity contribution in [2.45, 2.75) is 38.6 Å². The maximum Gasteiger partial charge on any atom is 0.0388 e. The summed E-state index contributed by atoms with van der Waals surface area (Å²) in [4.78, 5) is 6.78. The molecule has 112 valence electrons. The molecule has 0 aliphatic carbocycles. The Hall–Kier alpha value is -1.61. The Labute approximate surface area is 127 Å². The van der Waals surface area contributed by atoms with Crippen LogP contribution in [0.15, 0.2) is 36.7 Å². The minimum absolute atomic E-state index is 0.579. The van der Waals surface area contributed by atoms with Crippen molar-refractivity contribution in [2.24, 2.45) is 0 Å². The van der Waals surface area contributed by atoms with Gasteiger partial charge in [0.15, 0.2) is 0 Å². The van der Waals surface area contributed by atoms with Gasteiger partial charge in [0.05, 0.1) is 0 Å². The van der Waals surface area contributed by atoms with Crippen molar-refractivity contribution < 1.29 is 0 Å². The number of rotatable bonds is 5. The summed E-state index contributed by atoms with van der Waals surface area (Å²) >= 11 is 0. The van der Waals surface area contributed by atoms with E-state index in [1.165, 1.54) is 61.8 Å². The normalized spacial score (nSPS) is 19.8. The zero-order valence-electron chi connectivity index (χ0n) is 12.9. The number of pyridine rings is 1. The van der Waals surface area contributed by atoms with Crippen LogP contribution in [0.4, 0.5) is 5.69 Å². The molecule has 1 saturated heterocycles. The molecule has 1 aliphatic rings. The summed E-state index contributed by atoms with van der Waals surface area (Å²) in [6.45, 7) is 5.96. The van der Waals surface area contributed by atoms with E-state index in [1.54, 1.807) is 0 Å². The number of hydrogen-bond acceptors (Lipinski definition) is 3. The van der Waals surface area contributed by atoms with Crippen LogP contribution >= 0.6 is 0 Å². The third-order valence-corrected chi connectivity index (χ3v) is 4.34. The predicted octanol–water partition coefficient (Wildman–Crippen LogP) is 3.91. The largest absolute Gasteiger partial charge is 0.381 e. The molecule has 3 heteroatoms. The highest BCUT2D eigenvalue weighted by Crippen LogP contribution is 2.21. The van der Waals surface area contributed by atoms with E-state index in [2.05, 4.69) is 46.4 Å². The van der Waals surface area contributed by atoms with Crippen molar-refractivity contribution in [3.63, 3.8) is 0 Å². The van der Waals surface area contributed by atoms with Crippen LogP contribution in [0, 0.1) is 0 Å². The highest BCUT2D eigenvalue weighted by atomic mass is 15.2. The molecule has 21 heavy (non-hydrogen) atoms. The maximum absolute atomic E-state index is 4.17. The van der Waals surface area contributed by atoms with Gasteiger partial charge in [-0.05, 0) is 55.9 Å². The number of nitrogens with zero attached hydrogens (tertiary/aromatic N) is 2. The number of anilines is 1. The van der Waals surface area contributed by atoms with E-state index in [1.807, 2.05) is 12.4 Å². The summed E-state index contributed by atoms with van der Waals surface area (Å²) < 4.78 is 0. The summed E-state index contributed by atoms with van der Waals surface area (Å²) in [5.41, 5.74) is 1.23. The fourth-order valence-corrected chi connectivity index (χ4v) is 3.17. The summed E-state index contributed by atoms with van der Waals surface area (Å²) in [6, 6.07) is 9.23. The first-order valence-corrected chi connectivity index (χ1v) is 8.18. The Morgan fingerprint density at radius 1 is 1.29 bits per heavy atom. The second kappa shape index (κ2) is 6.90. The SMILES string of the molecule is CCCCN1CCC[C@@H](Nc2ccc3cnccc3c2)C1. The topological polar surface area (TPSA) is 28.2 Å². The van der Waals surface area contributed by atoms with Gasteiger partial charge in [0, 0.05) is 36.1 Å². The van der Waals surface area contributed by atoms with Crippen molar-refractivity contribution in [3.05, 3.63) is 36.7 Å². The Morgan fingerprint density at radius 3 is 3.14 bits per heavy atom. The molecule has 1 aromatic heterocycles. The predicted molar refractivity (Wildman–Crippen MR) is 89.7 cm³/mol. The van der Waals surface area contributed by atoms with Gasteiger partial charge in [-0.3, -0.25) is 4.98 Å². The van der Waals surface area contributed by atoms with Crippen molar-refractivity contribution in [3.8, 4) is 0 Å². The lowest BCUT2D eigenvalue weighted by Gasteiger charge is -2.33. The standard InChI is InChI=1S/C18H25N3/c1-2-3-10-21-11-4-5-18(14-21)20-17-7-6-16-13-19-9-8-15(16)12-17/h6-9,12-13,18,20H,2-5,10-11,14H2,1H3/t18-/m1/s1. The molecular weight excluding hydrogens is 258 g/mol. The monoisotopic (exact) mass is 283 g/mol. The molecule has 0 amide bonds. The maximum atomic E-state index is 4.17. The van der Waals surface area contributed by atoms with Gasteiger partial charge in [-0.1, -0.05) is 19.4 Å². The Kier molecular flexibility index (Phi) is 4.71. The molecule has 2 heterocycles. The zero-order valence-corrected chi connectivity index (χ0v) is 12.9. The number of piperidine rings is 1. The number of likely N-dealkylation sites (tertiary alicyclic amines) is 1. The molecule has 1 fully saturated rings. The molecule has 1 aromatic carbocycles. The first kappa shape index (κ1) is 14.3. The minimum Gasteiger partial charge on any atom is -0.381 e. The summed E-state index contributed by atoms with van der Waals surface area (Å²) in [5.74, 6) is 0. The van der Waals surface area contributed by atoms with Crippen LogP contribution in [0.2, 0.25) is 0 Å². The van der Waals surface area contributed by atoms with Crippen LogP contribution in [-0.4, -0.2) is 35.6 Å². The van der Waals surface area contributed by atoms with E-state index in [0.29, 0.717) is 6.04 Å². The average Bonchev–Trinajstić information content (AvgIpc) is 2.53. The van der Waals surface area contributed by atoms with E-state index < -0.39 is 0 Å². The summed E-state index contributed by atoms with van der Waals surface area (Å²) in [5, 5.41) is 6.18. The molecule has 0 unspecified atom stereocenters. The molecule has 3 nitrogen and oxygen atoms in total. The average molecular weight is 283 g/mol. The van der Waals surface area contributed by atoms with Gasteiger partial charge >= 0.3 is 0 Å². The molecule has 0 bridgehead atoms. The fourth-order valence-electron chi connectivity index (χ4n) is 3.17. The zero-order chi connectivity index (χ0) is 14.5. The number of unbranched alkanes of at least 4 members (excludes halogenated alkanes) is 1. The molecule has 0 radical (unpaired) electrons. The number of nitrogens with one attached hydrogen (secondary N) is 1. The van der Waals surface area contributed by atoms with Crippen molar-refractivity contribution in [1.29, 1.82) is 0 Å². The lowest BCUT2D eigenvalue weighted by Crippen LogP contribution is -2.42. The molecule has 1 aliphatic heterocycles. The molecule has 3 rings (SSSR count). The van der Waals surface area contributed by atoms with Crippen molar-refractivity contribution >= 4 is 16.5 Å². The Bertz CT molecular complexity index is 581. The molecule has 1 atom stereocenters. The molecule has 1 N–H and O–H groups in total. The number of fused-ring (bicyclic) bond motifs is 1. The molecule has 0 spiro atoms. The quantitative estimate of drug-likeness (QED) is 0.901. The van der Waals surface area contributed by atoms with Gasteiger partial charge in [0.1, 0.15) is 0 Å². The number of aromatic nitrogens is 1. The van der Waals surface area contributed by atoms with Gasteiger partial charge in [-0.15, -0.1) is 0 Å². The van der Waals surface area contributed by atoms with E-state index in [-0.39, 0.29) is 0 Å². The van der Waals surface area contributed by atoms with Gasteiger partial charge < -0.3 is 10.2 Å². The summed E-state index contributed by atoms with van der Waals surface area (Å²) in [7, 11) is 0. The Balaban J connectivity index is 1.64. The van der Waals surface area contributed by atoms with E-state index in [0.717, 1.165) is 0 Å².